The van der Waals surface area contributed by atoms with Crippen LogP contribution in [0.3, 0.4) is 0 Å². The maximum Gasteiger partial charge on any atom is 0.104 e. The summed E-state index contributed by atoms with van der Waals surface area (Å²) in [5.41, 5.74) is 0. The van der Waals surface area contributed by atoms with Gasteiger partial charge in [0.05, 0.1) is 46.3 Å². The second-order valence-electron chi connectivity index (χ2n) is 14.2. The summed E-state index contributed by atoms with van der Waals surface area (Å²) in [4.78, 5) is 0. The summed E-state index contributed by atoms with van der Waals surface area (Å²) < 4.78 is 34.3. The molecule has 3 saturated heterocycles. The molecule has 3 unspecified atom stereocenters. The number of epoxide rings is 3. The van der Waals surface area contributed by atoms with E-state index in [1.54, 1.807) is 5.19 Å². The molecule has 3 fully saturated rings. The second kappa shape index (κ2) is 14.5. The molecule has 10 heteroatoms. The molecule has 0 N–H and O–H groups in total. The lowest BCUT2D eigenvalue weighted by Gasteiger charge is -2.61. The predicted molar refractivity (Wildman–Crippen MR) is 174 cm³/mol. The number of hydrogen-bond acceptors (Lipinski definition) is 6. The molecule has 0 aliphatic carbocycles. The number of hydrogen-bond donors (Lipinski definition) is 0. The van der Waals surface area contributed by atoms with E-state index in [-0.39, 0.29) is 0 Å². The average molecular weight is 625 g/mol. The fourth-order valence-corrected chi connectivity index (χ4v) is 107. The van der Waals surface area contributed by atoms with Gasteiger partial charge in [0, 0.05) is 42.6 Å². The van der Waals surface area contributed by atoms with Crippen molar-refractivity contribution in [1.29, 1.82) is 0 Å². The van der Waals surface area contributed by atoms with Gasteiger partial charge in [-0.1, -0.05) is 92.9 Å². The molecular formula is C30H56O6Si4. The molecule has 0 amide bonds. The SMILES string of the molecule is C[Si](C)(CCCOCC1CO1)[Si](c1ccccc1)([Si](C)(C)CCCOCC1CO1)[Si](C)(C)CCCOCC1CO1. The molecule has 228 valence electrons. The van der Waals surface area contributed by atoms with Crippen molar-refractivity contribution >= 4 is 34.6 Å². The molecule has 0 bridgehead atoms. The molecule has 3 atom stereocenters. The third-order valence-corrected chi connectivity index (χ3v) is 81.4. The van der Waals surface area contributed by atoms with Gasteiger partial charge in [-0.3, -0.25) is 0 Å². The Hall–Kier alpha value is -0.152. The molecular weight excluding hydrogens is 569 g/mol. The third kappa shape index (κ3) is 8.70. The van der Waals surface area contributed by atoms with E-state index in [1.807, 2.05) is 0 Å². The molecule has 6 nitrogen and oxygen atoms in total. The van der Waals surface area contributed by atoms with E-state index in [9.17, 15) is 0 Å². The minimum atomic E-state index is -1.89. The second-order valence-corrected chi connectivity index (χ2v) is 52.5. The summed E-state index contributed by atoms with van der Waals surface area (Å²) in [5, 5.41) is 1.77. The number of ether oxygens (including phenoxy) is 6. The van der Waals surface area contributed by atoms with Crippen molar-refractivity contribution in [2.75, 3.05) is 59.5 Å². The minimum Gasteiger partial charge on any atom is -0.379 e. The largest absolute Gasteiger partial charge is 0.379 e. The van der Waals surface area contributed by atoms with Gasteiger partial charge in [0.1, 0.15) is 18.3 Å². The summed E-state index contributed by atoms with van der Waals surface area (Å²) in [7, 11) is -5.04. The average Bonchev–Trinajstić information content (AvgIpc) is 3.72. The Labute approximate surface area is 247 Å². The lowest BCUT2D eigenvalue weighted by atomic mass is 10.4. The van der Waals surface area contributed by atoms with Crippen LogP contribution in [0.2, 0.25) is 57.4 Å². The van der Waals surface area contributed by atoms with Gasteiger partial charge in [-0.25, -0.2) is 0 Å². The van der Waals surface area contributed by atoms with Crippen molar-refractivity contribution in [3.63, 3.8) is 0 Å². The summed E-state index contributed by atoms with van der Waals surface area (Å²) in [6, 6.07) is 16.0. The molecule has 0 aromatic heterocycles. The highest BCUT2D eigenvalue weighted by molar-refractivity contribution is 7.93. The molecule has 4 rings (SSSR count). The van der Waals surface area contributed by atoms with E-state index < -0.39 is 29.4 Å². The van der Waals surface area contributed by atoms with Crippen LogP contribution in [0.5, 0.6) is 0 Å². The molecule has 1 aromatic carbocycles. The first-order chi connectivity index (χ1) is 19.1. The van der Waals surface area contributed by atoms with Gasteiger partial charge >= 0.3 is 0 Å². The maximum absolute atomic E-state index is 6.06. The van der Waals surface area contributed by atoms with Crippen LogP contribution in [0.25, 0.3) is 0 Å². The van der Waals surface area contributed by atoms with Gasteiger partial charge in [-0.2, -0.15) is 0 Å². The Morgan fingerprint density at radius 1 is 0.575 bits per heavy atom. The number of benzene rings is 1. The Morgan fingerprint density at radius 3 is 1.20 bits per heavy atom. The highest BCUT2D eigenvalue weighted by atomic mass is 29.9. The van der Waals surface area contributed by atoms with Gasteiger partial charge in [-0.05, 0) is 19.3 Å². The first-order valence-corrected chi connectivity index (χ1v) is 30.3. The van der Waals surface area contributed by atoms with E-state index in [1.165, 1.54) is 37.4 Å². The zero-order valence-corrected chi connectivity index (χ0v) is 30.2. The van der Waals surface area contributed by atoms with Gasteiger partial charge in [-0.15, -0.1) is 0 Å². The lowest BCUT2D eigenvalue weighted by Crippen LogP contribution is -2.90. The maximum atomic E-state index is 6.06. The van der Waals surface area contributed by atoms with Crippen LogP contribution in [0.1, 0.15) is 19.3 Å². The molecule has 0 radical (unpaired) electrons. The quantitative estimate of drug-likeness (QED) is 0.101. The van der Waals surface area contributed by atoms with Crippen LogP contribution < -0.4 is 5.19 Å². The fourth-order valence-electron chi connectivity index (χ4n) is 8.16. The van der Waals surface area contributed by atoms with Gasteiger partial charge in [0.15, 0.2) is 0 Å². The van der Waals surface area contributed by atoms with Crippen LogP contribution in [0, 0.1) is 0 Å². The predicted octanol–water partition coefficient (Wildman–Crippen LogP) is 5.12. The molecule has 3 aliphatic heterocycles. The zero-order chi connectivity index (χ0) is 28.7. The van der Waals surface area contributed by atoms with Crippen molar-refractivity contribution in [1.82, 2.24) is 0 Å². The third-order valence-electron chi connectivity index (χ3n) is 9.64. The van der Waals surface area contributed by atoms with Crippen LogP contribution >= 0.6 is 0 Å². The van der Waals surface area contributed by atoms with E-state index in [2.05, 4.69) is 69.6 Å². The van der Waals surface area contributed by atoms with Crippen molar-refractivity contribution in [3.05, 3.63) is 30.3 Å². The molecule has 3 aliphatic rings. The van der Waals surface area contributed by atoms with Crippen molar-refractivity contribution in [3.8, 4) is 0 Å². The lowest BCUT2D eigenvalue weighted by molar-refractivity contribution is 0.117. The highest BCUT2D eigenvalue weighted by Crippen LogP contribution is 2.43. The van der Waals surface area contributed by atoms with Gasteiger partial charge < -0.3 is 28.4 Å². The smallest absolute Gasteiger partial charge is 0.104 e. The molecule has 3 heterocycles. The highest BCUT2D eigenvalue weighted by Gasteiger charge is 2.66. The van der Waals surface area contributed by atoms with Crippen molar-refractivity contribution < 1.29 is 28.4 Å². The molecule has 1 aromatic rings. The van der Waals surface area contributed by atoms with Gasteiger partial charge in [0.2, 0.25) is 0 Å². The first-order valence-electron chi connectivity index (χ1n) is 15.7. The molecule has 0 spiro atoms. The van der Waals surface area contributed by atoms with E-state index >= 15 is 0 Å². The summed E-state index contributed by atoms with van der Waals surface area (Å²) >= 11 is 0. The standard InChI is InChI=1S/C30H56O6Si4/c1-37(2,18-10-15-31-21-27-24-34-27)40(30-13-8-7-9-14-30,38(3,4)19-11-16-32-22-28-25-35-28)39(5,6)20-12-17-33-23-29-26-36-29/h7-9,13-14,27-29H,10-12,15-26H2,1-6H3. The van der Waals surface area contributed by atoms with Crippen LogP contribution in [0.15, 0.2) is 30.3 Å². The summed E-state index contributed by atoms with van der Waals surface area (Å²) in [5.74, 6) is 0. The van der Waals surface area contributed by atoms with Crippen molar-refractivity contribution in [2.45, 2.75) is 95.0 Å². The zero-order valence-electron chi connectivity index (χ0n) is 26.2. The molecule has 40 heavy (non-hydrogen) atoms. The van der Waals surface area contributed by atoms with E-state index in [0.717, 1.165) is 59.5 Å². The van der Waals surface area contributed by atoms with E-state index in [0.29, 0.717) is 18.3 Å². The Bertz CT molecular complexity index is 804. The Morgan fingerprint density at radius 2 is 0.900 bits per heavy atom. The van der Waals surface area contributed by atoms with Crippen LogP contribution in [-0.4, -0.2) is 107 Å². The monoisotopic (exact) mass is 624 g/mol. The molecule has 0 saturated carbocycles. The summed E-state index contributed by atoms with van der Waals surface area (Å²) in [6.07, 6.45) is 4.58. The first kappa shape index (κ1) is 32.8. The van der Waals surface area contributed by atoms with E-state index in [4.69, 9.17) is 28.4 Å². The summed E-state index contributed by atoms with van der Waals surface area (Å²) in [6.45, 7) is 22.3. The van der Waals surface area contributed by atoms with Crippen LogP contribution in [-0.2, 0) is 28.4 Å². The Balaban J connectivity index is 1.55. The number of rotatable bonds is 22. The fraction of sp³-hybridized carbons (Fsp3) is 0.800. The minimum absolute atomic E-state index is 0.350. The normalized spacial score (nSPS) is 24.1. The Kier molecular flexibility index (Phi) is 11.9. The van der Waals surface area contributed by atoms with Crippen molar-refractivity contribution in [2.24, 2.45) is 0 Å². The topological polar surface area (TPSA) is 65.3 Å². The van der Waals surface area contributed by atoms with Crippen LogP contribution in [0.4, 0.5) is 0 Å². The van der Waals surface area contributed by atoms with Gasteiger partial charge in [0.25, 0.3) is 0 Å².